The number of guanidine groups is 1. The average molecular weight is 511 g/mol. The SMILES string of the molecule is CN1C(=O)C(c2cccc(-c3ccccc3)c2)(C2CCN(C(=O)COC(=O)c3ccccc3)CC2)N=C1N. The molecule has 0 bridgehead atoms. The lowest BCUT2D eigenvalue weighted by molar-refractivity contribution is -0.137. The van der Waals surface area contributed by atoms with E-state index in [1.165, 1.54) is 4.90 Å². The maximum Gasteiger partial charge on any atom is 0.338 e. The number of rotatable bonds is 6. The average Bonchev–Trinajstić information content (AvgIpc) is 3.21. The normalized spacial score (nSPS) is 19.8. The first-order valence-electron chi connectivity index (χ1n) is 12.7. The van der Waals surface area contributed by atoms with Crippen LogP contribution in [0.3, 0.4) is 0 Å². The third kappa shape index (κ3) is 4.65. The lowest BCUT2D eigenvalue weighted by Gasteiger charge is -2.40. The number of esters is 1. The van der Waals surface area contributed by atoms with E-state index in [9.17, 15) is 14.4 Å². The molecule has 1 unspecified atom stereocenters. The van der Waals surface area contributed by atoms with Crippen molar-refractivity contribution in [3.8, 4) is 11.1 Å². The number of amides is 2. The van der Waals surface area contributed by atoms with Crippen LogP contribution in [-0.2, 0) is 19.9 Å². The number of carbonyl (C=O) groups excluding carboxylic acids is 3. The zero-order valence-electron chi connectivity index (χ0n) is 21.2. The fourth-order valence-electron chi connectivity index (χ4n) is 5.34. The molecular weight excluding hydrogens is 480 g/mol. The van der Waals surface area contributed by atoms with Crippen LogP contribution in [0, 0.1) is 5.92 Å². The third-order valence-corrected chi connectivity index (χ3v) is 7.45. The molecule has 3 aromatic carbocycles. The van der Waals surface area contributed by atoms with Gasteiger partial charge in [-0.25, -0.2) is 9.79 Å². The zero-order valence-corrected chi connectivity index (χ0v) is 21.2. The third-order valence-electron chi connectivity index (χ3n) is 7.45. The Kier molecular flexibility index (Phi) is 6.96. The van der Waals surface area contributed by atoms with Crippen LogP contribution in [-0.4, -0.2) is 60.3 Å². The van der Waals surface area contributed by atoms with Crippen molar-refractivity contribution in [3.05, 3.63) is 96.1 Å². The van der Waals surface area contributed by atoms with E-state index in [0.29, 0.717) is 31.5 Å². The molecule has 3 aromatic rings. The molecule has 2 amide bonds. The molecule has 0 aromatic heterocycles. The highest BCUT2D eigenvalue weighted by molar-refractivity contribution is 6.07. The highest BCUT2D eigenvalue weighted by Crippen LogP contribution is 2.45. The fourth-order valence-corrected chi connectivity index (χ4v) is 5.34. The summed E-state index contributed by atoms with van der Waals surface area (Å²) in [5.41, 5.74) is 8.25. The molecule has 0 saturated carbocycles. The first-order valence-corrected chi connectivity index (χ1v) is 12.7. The van der Waals surface area contributed by atoms with Gasteiger partial charge in [-0.1, -0.05) is 66.7 Å². The predicted molar refractivity (Wildman–Crippen MR) is 144 cm³/mol. The van der Waals surface area contributed by atoms with E-state index >= 15 is 0 Å². The number of ether oxygens (including phenoxy) is 1. The van der Waals surface area contributed by atoms with Crippen LogP contribution in [0.5, 0.6) is 0 Å². The summed E-state index contributed by atoms with van der Waals surface area (Å²) in [6.07, 6.45) is 1.12. The van der Waals surface area contributed by atoms with Crippen LogP contribution < -0.4 is 5.73 Å². The van der Waals surface area contributed by atoms with Gasteiger partial charge < -0.3 is 15.4 Å². The Bertz CT molecular complexity index is 1370. The van der Waals surface area contributed by atoms with E-state index in [4.69, 9.17) is 15.5 Å². The minimum absolute atomic E-state index is 0.152. The topological polar surface area (TPSA) is 105 Å². The molecule has 2 aliphatic rings. The molecule has 8 heteroatoms. The van der Waals surface area contributed by atoms with E-state index < -0.39 is 11.5 Å². The van der Waals surface area contributed by atoms with Gasteiger partial charge in [0.15, 0.2) is 18.1 Å². The number of benzene rings is 3. The number of aliphatic imine (C=N–C) groups is 1. The largest absolute Gasteiger partial charge is 0.452 e. The molecule has 0 aliphatic carbocycles. The number of piperidine rings is 1. The van der Waals surface area contributed by atoms with Crippen molar-refractivity contribution in [2.24, 2.45) is 16.6 Å². The van der Waals surface area contributed by atoms with Gasteiger partial charge in [-0.2, -0.15) is 0 Å². The fraction of sp³-hybridized carbons (Fsp3) is 0.267. The number of hydrogen-bond donors (Lipinski definition) is 1. The summed E-state index contributed by atoms with van der Waals surface area (Å²) in [5, 5.41) is 0. The Morgan fingerprint density at radius 3 is 2.21 bits per heavy atom. The van der Waals surface area contributed by atoms with Crippen molar-refractivity contribution < 1.29 is 19.1 Å². The van der Waals surface area contributed by atoms with Gasteiger partial charge in [-0.15, -0.1) is 0 Å². The second-order valence-corrected chi connectivity index (χ2v) is 9.64. The Morgan fingerprint density at radius 2 is 1.58 bits per heavy atom. The van der Waals surface area contributed by atoms with Crippen molar-refractivity contribution in [3.63, 3.8) is 0 Å². The molecule has 2 aliphatic heterocycles. The van der Waals surface area contributed by atoms with E-state index in [0.717, 1.165) is 16.7 Å². The Morgan fingerprint density at radius 1 is 0.947 bits per heavy atom. The standard InChI is InChI=1S/C30H30N4O4/c1-33-28(37)30(32-29(33)31,25-14-8-13-23(19-25)21-9-4-2-5-10-21)24-15-17-34(18-16-24)26(35)20-38-27(36)22-11-6-3-7-12-22/h2-14,19,24H,15-18,20H2,1H3,(H2,31,32). The van der Waals surface area contributed by atoms with Crippen LogP contribution in [0.1, 0.15) is 28.8 Å². The van der Waals surface area contributed by atoms with E-state index in [-0.39, 0.29) is 30.3 Å². The maximum atomic E-state index is 13.7. The molecular formula is C30H30N4O4. The van der Waals surface area contributed by atoms with Crippen molar-refractivity contribution in [2.75, 3.05) is 26.7 Å². The Hall–Kier alpha value is -4.46. The van der Waals surface area contributed by atoms with Crippen molar-refractivity contribution in [1.29, 1.82) is 0 Å². The molecule has 1 fully saturated rings. The van der Waals surface area contributed by atoms with Gasteiger partial charge >= 0.3 is 5.97 Å². The Labute approximate surface area is 221 Å². The molecule has 194 valence electrons. The molecule has 8 nitrogen and oxygen atoms in total. The maximum absolute atomic E-state index is 13.7. The molecule has 1 saturated heterocycles. The summed E-state index contributed by atoms with van der Waals surface area (Å²) in [7, 11) is 1.64. The van der Waals surface area contributed by atoms with Crippen molar-refractivity contribution >= 4 is 23.7 Å². The number of likely N-dealkylation sites (tertiary alicyclic amines) is 1. The van der Waals surface area contributed by atoms with Crippen LogP contribution >= 0.6 is 0 Å². The van der Waals surface area contributed by atoms with Crippen LogP contribution in [0.15, 0.2) is 89.9 Å². The molecule has 38 heavy (non-hydrogen) atoms. The quantitative estimate of drug-likeness (QED) is 0.512. The van der Waals surface area contributed by atoms with Crippen molar-refractivity contribution in [1.82, 2.24) is 9.80 Å². The van der Waals surface area contributed by atoms with Gasteiger partial charge in [0.2, 0.25) is 0 Å². The van der Waals surface area contributed by atoms with Crippen LogP contribution in [0.4, 0.5) is 0 Å². The molecule has 0 spiro atoms. The number of hydrogen-bond acceptors (Lipinski definition) is 6. The number of likely N-dealkylation sites (N-methyl/N-ethyl adjacent to an activating group) is 1. The van der Waals surface area contributed by atoms with Gasteiger partial charge in [-0.3, -0.25) is 14.5 Å². The number of nitrogens with two attached hydrogens (primary N) is 1. The summed E-state index contributed by atoms with van der Waals surface area (Å²) < 4.78 is 5.23. The molecule has 5 rings (SSSR count). The molecule has 1 atom stereocenters. The monoisotopic (exact) mass is 510 g/mol. The second kappa shape index (κ2) is 10.5. The van der Waals surface area contributed by atoms with Gasteiger partial charge in [0.25, 0.3) is 11.8 Å². The number of carbonyl (C=O) groups is 3. The summed E-state index contributed by atoms with van der Waals surface area (Å²) in [4.78, 5) is 46.6. The van der Waals surface area contributed by atoms with Crippen LogP contribution in [0.2, 0.25) is 0 Å². The predicted octanol–water partition coefficient (Wildman–Crippen LogP) is 3.43. The van der Waals surface area contributed by atoms with Gasteiger partial charge in [0, 0.05) is 26.1 Å². The lowest BCUT2D eigenvalue weighted by Crippen LogP contribution is -2.50. The summed E-state index contributed by atoms with van der Waals surface area (Å²) in [6.45, 7) is 0.535. The smallest absolute Gasteiger partial charge is 0.338 e. The first-order chi connectivity index (χ1) is 18.4. The molecule has 2 N–H and O–H groups in total. The zero-order chi connectivity index (χ0) is 26.7. The molecule has 0 radical (unpaired) electrons. The van der Waals surface area contributed by atoms with Gasteiger partial charge in [0.1, 0.15) is 0 Å². The lowest BCUT2D eigenvalue weighted by atomic mass is 9.72. The van der Waals surface area contributed by atoms with Gasteiger partial charge in [0.05, 0.1) is 5.56 Å². The van der Waals surface area contributed by atoms with E-state index in [1.807, 2.05) is 54.6 Å². The summed E-state index contributed by atoms with van der Waals surface area (Å²) in [6, 6.07) is 26.5. The highest BCUT2D eigenvalue weighted by Gasteiger charge is 2.54. The van der Waals surface area contributed by atoms with Gasteiger partial charge in [-0.05, 0) is 47.7 Å². The summed E-state index contributed by atoms with van der Waals surface area (Å²) in [5.74, 6) is -0.921. The summed E-state index contributed by atoms with van der Waals surface area (Å²) >= 11 is 0. The van der Waals surface area contributed by atoms with E-state index in [2.05, 4.69) is 0 Å². The minimum Gasteiger partial charge on any atom is -0.452 e. The number of nitrogens with zero attached hydrogens (tertiary/aromatic N) is 3. The Balaban J connectivity index is 1.33. The highest BCUT2D eigenvalue weighted by atomic mass is 16.5. The van der Waals surface area contributed by atoms with Crippen molar-refractivity contribution in [2.45, 2.75) is 18.4 Å². The van der Waals surface area contributed by atoms with Crippen LogP contribution in [0.25, 0.3) is 11.1 Å². The molecule has 2 heterocycles. The van der Waals surface area contributed by atoms with E-state index in [1.54, 1.807) is 42.3 Å². The first kappa shape index (κ1) is 25.2. The second-order valence-electron chi connectivity index (χ2n) is 9.64. The minimum atomic E-state index is -1.15.